The van der Waals surface area contributed by atoms with Crippen LogP contribution in [-0.4, -0.2) is 20.1 Å². The molecule has 0 saturated carbocycles. The van der Waals surface area contributed by atoms with Crippen LogP contribution in [0.15, 0.2) is 47.4 Å². The summed E-state index contributed by atoms with van der Waals surface area (Å²) >= 11 is 12.1. The smallest absolute Gasteiger partial charge is 0.253 e. The maximum atomic E-state index is 12.8. The van der Waals surface area contributed by atoms with E-state index in [0.29, 0.717) is 17.0 Å². The Hall–Kier alpha value is -1.56. The second-order valence-corrected chi connectivity index (χ2v) is 10.7. The van der Waals surface area contributed by atoms with Crippen LogP contribution in [-0.2, 0) is 9.84 Å². The van der Waals surface area contributed by atoms with Gasteiger partial charge in [-0.1, -0.05) is 63.0 Å². The summed E-state index contributed by atoms with van der Waals surface area (Å²) < 4.78 is 24.5. The number of sulfone groups is 1. The van der Waals surface area contributed by atoms with E-state index in [2.05, 4.69) is 5.32 Å². The van der Waals surface area contributed by atoms with Crippen molar-refractivity contribution in [2.75, 3.05) is 5.75 Å². The molecule has 0 fully saturated rings. The van der Waals surface area contributed by atoms with E-state index in [1.807, 2.05) is 27.7 Å². The molecule has 0 saturated heterocycles. The minimum absolute atomic E-state index is 0.112. The summed E-state index contributed by atoms with van der Waals surface area (Å²) in [4.78, 5) is 13.1. The van der Waals surface area contributed by atoms with Crippen molar-refractivity contribution < 1.29 is 13.2 Å². The minimum Gasteiger partial charge on any atom is -0.345 e. The lowest BCUT2D eigenvalue weighted by Crippen LogP contribution is -2.36. The molecule has 7 heteroatoms. The van der Waals surface area contributed by atoms with Crippen LogP contribution >= 0.6 is 23.2 Å². The Morgan fingerprint density at radius 1 is 1.07 bits per heavy atom. The van der Waals surface area contributed by atoms with Crippen molar-refractivity contribution >= 4 is 38.9 Å². The van der Waals surface area contributed by atoms with Crippen molar-refractivity contribution in [2.45, 2.75) is 45.1 Å². The topological polar surface area (TPSA) is 63.2 Å². The molecule has 0 aliphatic heterocycles. The molecule has 1 amide bonds. The van der Waals surface area contributed by atoms with Gasteiger partial charge in [-0.2, -0.15) is 0 Å². The highest BCUT2D eigenvalue weighted by Crippen LogP contribution is 2.34. The molecular weight excluding hydrogens is 417 g/mol. The first-order valence-electron chi connectivity index (χ1n) is 9.04. The molecule has 2 aromatic rings. The van der Waals surface area contributed by atoms with E-state index >= 15 is 0 Å². The molecule has 28 heavy (non-hydrogen) atoms. The zero-order valence-corrected chi connectivity index (χ0v) is 18.8. The van der Waals surface area contributed by atoms with E-state index in [1.54, 1.807) is 36.4 Å². The summed E-state index contributed by atoms with van der Waals surface area (Å²) in [5.74, 6) is -0.204. The summed E-state index contributed by atoms with van der Waals surface area (Å²) in [6.45, 7) is 7.84. The van der Waals surface area contributed by atoms with Crippen molar-refractivity contribution in [3.05, 3.63) is 63.6 Å². The first-order valence-corrected chi connectivity index (χ1v) is 11.4. The monoisotopic (exact) mass is 441 g/mol. The minimum atomic E-state index is -3.28. The Morgan fingerprint density at radius 3 is 2.18 bits per heavy atom. The van der Waals surface area contributed by atoms with E-state index in [-0.39, 0.29) is 33.0 Å². The number of nitrogens with one attached hydrogen (secondary N) is 1. The summed E-state index contributed by atoms with van der Waals surface area (Å²) in [7, 11) is -3.28. The van der Waals surface area contributed by atoms with E-state index in [0.717, 1.165) is 5.56 Å². The Bertz CT molecular complexity index is 949. The number of carbonyl (C=O) groups is 1. The third-order valence-corrected chi connectivity index (χ3v) is 6.85. The molecule has 0 aromatic heterocycles. The van der Waals surface area contributed by atoms with Gasteiger partial charge >= 0.3 is 0 Å². The Labute approximate surface area is 177 Å². The van der Waals surface area contributed by atoms with Crippen molar-refractivity contribution in [1.29, 1.82) is 0 Å². The predicted molar refractivity (Wildman–Crippen MR) is 115 cm³/mol. The molecule has 0 radical (unpaired) electrons. The van der Waals surface area contributed by atoms with Gasteiger partial charge in [0.2, 0.25) is 0 Å². The van der Waals surface area contributed by atoms with Crippen LogP contribution in [0.5, 0.6) is 0 Å². The molecule has 0 aliphatic rings. The van der Waals surface area contributed by atoms with E-state index in [4.69, 9.17) is 23.2 Å². The molecule has 2 aromatic carbocycles. The Morgan fingerprint density at radius 2 is 1.68 bits per heavy atom. The van der Waals surface area contributed by atoms with E-state index < -0.39 is 9.84 Å². The summed E-state index contributed by atoms with van der Waals surface area (Å²) in [5.41, 5.74) is 0.849. The Kier molecular flexibility index (Phi) is 7.18. The third kappa shape index (κ3) is 5.49. The van der Waals surface area contributed by atoms with Gasteiger partial charge in [0, 0.05) is 5.02 Å². The predicted octanol–water partition coefficient (Wildman–Crippen LogP) is 5.69. The van der Waals surface area contributed by atoms with Crippen LogP contribution in [0.25, 0.3) is 0 Å². The highest BCUT2D eigenvalue weighted by molar-refractivity contribution is 7.91. The van der Waals surface area contributed by atoms with Crippen LogP contribution < -0.4 is 5.32 Å². The molecule has 0 spiro atoms. The molecule has 1 unspecified atom stereocenters. The van der Waals surface area contributed by atoms with Crippen molar-refractivity contribution in [3.63, 3.8) is 0 Å². The number of amides is 1. The Balaban J connectivity index is 2.33. The fraction of sp³-hybridized carbons (Fsp3) is 0.381. The van der Waals surface area contributed by atoms with Crippen LogP contribution in [0.3, 0.4) is 0 Å². The number of hydrogen-bond donors (Lipinski definition) is 1. The quantitative estimate of drug-likeness (QED) is 0.625. The van der Waals surface area contributed by atoms with E-state index in [9.17, 15) is 13.2 Å². The summed E-state index contributed by atoms with van der Waals surface area (Å²) in [6, 6.07) is 11.1. The van der Waals surface area contributed by atoms with Gasteiger partial charge in [0.15, 0.2) is 9.84 Å². The first kappa shape index (κ1) is 22.7. The normalized spacial score (nSPS) is 13.2. The first-order chi connectivity index (χ1) is 13.0. The highest BCUT2D eigenvalue weighted by atomic mass is 35.5. The fourth-order valence-corrected chi connectivity index (χ4v) is 4.75. The average Bonchev–Trinajstić information content (AvgIpc) is 2.58. The average molecular weight is 442 g/mol. The molecule has 0 heterocycles. The lowest BCUT2D eigenvalue weighted by atomic mass is 9.82. The van der Waals surface area contributed by atoms with Crippen LogP contribution in [0, 0.1) is 5.41 Å². The molecule has 0 aliphatic carbocycles. The zero-order valence-electron chi connectivity index (χ0n) is 16.4. The van der Waals surface area contributed by atoms with Gasteiger partial charge < -0.3 is 5.32 Å². The van der Waals surface area contributed by atoms with Crippen molar-refractivity contribution in [3.8, 4) is 0 Å². The number of rotatable bonds is 6. The molecule has 0 bridgehead atoms. The second kappa shape index (κ2) is 8.85. The fourth-order valence-electron chi connectivity index (χ4n) is 2.94. The highest BCUT2D eigenvalue weighted by Gasteiger charge is 2.29. The van der Waals surface area contributed by atoms with Crippen LogP contribution in [0.4, 0.5) is 0 Å². The number of carbonyl (C=O) groups excluding carboxylic acids is 1. The van der Waals surface area contributed by atoms with Gasteiger partial charge in [-0.05, 0) is 47.7 Å². The van der Waals surface area contributed by atoms with Gasteiger partial charge in [-0.3, -0.25) is 4.79 Å². The van der Waals surface area contributed by atoms with Gasteiger partial charge in [-0.25, -0.2) is 8.42 Å². The number of halogens is 2. The third-order valence-electron chi connectivity index (χ3n) is 4.36. The number of benzene rings is 2. The molecule has 4 nitrogen and oxygen atoms in total. The van der Waals surface area contributed by atoms with Gasteiger partial charge in [0.25, 0.3) is 5.91 Å². The van der Waals surface area contributed by atoms with Crippen molar-refractivity contribution in [2.24, 2.45) is 5.41 Å². The lowest BCUT2D eigenvalue weighted by Gasteiger charge is -2.32. The maximum absolute atomic E-state index is 12.8. The maximum Gasteiger partial charge on any atom is 0.253 e. The number of hydrogen-bond acceptors (Lipinski definition) is 3. The molecular formula is C21H25Cl2NO3S. The molecule has 1 N–H and O–H groups in total. The van der Waals surface area contributed by atoms with Gasteiger partial charge in [0.1, 0.15) is 0 Å². The van der Waals surface area contributed by atoms with Crippen LogP contribution in [0.2, 0.25) is 10.0 Å². The molecule has 1 atom stereocenters. The van der Waals surface area contributed by atoms with E-state index in [1.165, 1.54) is 6.07 Å². The van der Waals surface area contributed by atoms with Gasteiger partial charge in [0.05, 0.1) is 27.3 Å². The SMILES string of the molecule is CCCS(=O)(=O)c1ccc(C(NC(=O)c2ccc(Cl)cc2Cl)C(C)(C)C)cc1. The van der Waals surface area contributed by atoms with Gasteiger partial charge in [-0.15, -0.1) is 0 Å². The molecule has 152 valence electrons. The summed E-state index contributed by atoms with van der Waals surface area (Å²) in [5, 5.41) is 3.75. The van der Waals surface area contributed by atoms with Crippen molar-refractivity contribution in [1.82, 2.24) is 5.32 Å². The van der Waals surface area contributed by atoms with Crippen LogP contribution in [0.1, 0.15) is 56.1 Å². The zero-order chi connectivity index (χ0) is 21.1. The standard InChI is InChI=1S/C21H25Cl2NO3S/c1-5-12-28(26,27)16-9-6-14(7-10-16)19(21(2,3)4)24-20(25)17-11-8-15(22)13-18(17)23/h6-11,13,19H,5,12H2,1-4H3,(H,24,25). The largest absolute Gasteiger partial charge is 0.345 e. The molecule has 2 rings (SSSR count). The summed E-state index contributed by atoms with van der Waals surface area (Å²) in [6.07, 6.45) is 0.562. The second-order valence-electron chi connectivity index (χ2n) is 7.78. The lowest BCUT2D eigenvalue weighted by molar-refractivity contribution is 0.0902.